The van der Waals surface area contributed by atoms with Gasteiger partial charge in [-0.1, -0.05) is 13.0 Å². The van der Waals surface area contributed by atoms with Crippen LogP contribution in [0, 0.1) is 11.6 Å². The Morgan fingerprint density at radius 1 is 1.17 bits per heavy atom. The third kappa shape index (κ3) is 3.84. The molecule has 2 amide bonds. The van der Waals surface area contributed by atoms with Crippen LogP contribution >= 0.6 is 0 Å². The largest absolute Gasteiger partial charge is 0.373 e. The third-order valence-corrected chi connectivity index (χ3v) is 5.82. The summed E-state index contributed by atoms with van der Waals surface area (Å²) in [6.07, 6.45) is 2.40. The van der Waals surface area contributed by atoms with Crippen molar-refractivity contribution in [2.75, 3.05) is 19.7 Å². The lowest BCUT2D eigenvalue weighted by atomic mass is 10.0. The number of benzene rings is 1. The quantitative estimate of drug-likeness (QED) is 0.811. The van der Waals surface area contributed by atoms with E-state index < -0.39 is 23.6 Å². The van der Waals surface area contributed by atoms with Crippen LogP contribution in [0.4, 0.5) is 8.78 Å². The molecule has 1 fully saturated rings. The second-order valence-corrected chi connectivity index (χ2v) is 7.69. The molecule has 8 heteroatoms. The summed E-state index contributed by atoms with van der Waals surface area (Å²) in [6.45, 7) is 4.47. The predicted octanol–water partition coefficient (Wildman–Crippen LogP) is 3.41. The van der Waals surface area contributed by atoms with Crippen molar-refractivity contribution in [3.8, 4) is 0 Å². The Morgan fingerprint density at radius 2 is 1.93 bits per heavy atom. The predicted molar refractivity (Wildman–Crippen MR) is 106 cm³/mol. The Kier molecular flexibility index (Phi) is 5.85. The molecule has 2 aromatic rings. The van der Waals surface area contributed by atoms with E-state index >= 15 is 0 Å². The second kappa shape index (κ2) is 8.55. The maximum Gasteiger partial charge on any atom is 0.270 e. The average molecular weight is 417 g/mol. The van der Waals surface area contributed by atoms with Gasteiger partial charge in [0.1, 0.15) is 17.3 Å². The van der Waals surface area contributed by atoms with Crippen molar-refractivity contribution in [2.45, 2.75) is 45.4 Å². The molecule has 1 atom stereocenters. The minimum absolute atomic E-state index is 0.0775. The molecule has 0 saturated carbocycles. The van der Waals surface area contributed by atoms with Crippen LogP contribution in [-0.2, 0) is 17.9 Å². The zero-order valence-electron chi connectivity index (χ0n) is 16.9. The number of amides is 2. The second-order valence-electron chi connectivity index (χ2n) is 7.69. The van der Waals surface area contributed by atoms with Gasteiger partial charge in [-0.05, 0) is 31.4 Å². The van der Waals surface area contributed by atoms with Crippen molar-refractivity contribution in [3.63, 3.8) is 0 Å². The smallest absolute Gasteiger partial charge is 0.270 e. The van der Waals surface area contributed by atoms with Gasteiger partial charge in [-0.25, -0.2) is 8.78 Å². The van der Waals surface area contributed by atoms with Gasteiger partial charge in [-0.15, -0.1) is 0 Å². The first-order valence-corrected chi connectivity index (χ1v) is 10.3. The molecule has 1 unspecified atom stereocenters. The molecule has 0 aliphatic carbocycles. The van der Waals surface area contributed by atoms with Gasteiger partial charge in [0.25, 0.3) is 11.8 Å². The summed E-state index contributed by atoms with van der Waals surface area (Å²) in [6, 6.07) is 4.34. The van der Waals surface area contributed by atoms with Crippen molar-refractivity contribution in [1.82, 2.24) is 14.8 Å². The van der Waals surface area contributed by atoms with E-state index in [4.69, 9.17) is 4.74 Å². The topological polar surface area (TPSA) is 63.6 Å². The number of likely N-dealkylation sites (tertiary alicyclic amines) is 1. The van der Waals surface area contributed by atoms with Crippen molar-refractivity contribution >= 4 is 11.8 Å². The minimum Gasteiger partial charge on any atom is -0.373 e. The average Bonchev–Trinajstić information content (AvgIpc) is 3.40. The number of ether oxygens (including phenoxy) is 1. The summed E-state index contributed by atoms with van der Waals surface area (Å²) >= 11 is 0. The van der Waals surface area contributed by atoms with Gasteiger partial charge in [-0.3, -0.25) is 9.59 Å². The summed E-state index contributed by atoms with van der Waals surface area (Å²) in [4.78, 5) is 27.9. The molecule has 0 bridgehead atoms. The summed E-state index contributed by atoms with van der Waals surface area (Å²) < 4.78 is 34.9. The Bertz CT molecular complexity index is 967. The number of carbonyl (C=O) groups is 2. The highest BCUT2D eigenvalue weighted by Gasteiger charge is 2.30. The molecule has 1 saturated heterocycles. The van der Waals surface area contributed by atoms with Crippen LogP contribution in [-0.4, -0.2) is 41.0 Å². The van der Waals surface area contributed by atoms with E-state index in [0.717, 1.165) is 32.0 Å². The van der Waals surface area contributed by atoms with Gasteiger partial charge < -0.3 is 19.5 Å². The molecule has 1 N–H and O–H groups in total. The first-order valence-electron chi connectivity index (χ1n) is 10.3. The SMILES string of the molecule is CCC(NC(=O)c1cc(C(=O)N2CCCC2)n2c1COCC2)c1ccc(F)cc1F. The van der Waals surface area contributed by atoms with E-state index in [0.29, 0.717) is 36.5 Å². The molecule has 2 aliphatic heterocycles. The fourth-order valence-corrected chi connectivity index (χ4v) is 4.20. The summed E-state index contributed by atoms with van der Waals surface area (Å²) in [5.41, 5.74) is 1.72. The number of fused-ring (bicyclic) bond motifs is 1. The maximum atomic E-state index is 14.2. The van der Waals surface area contributed by atoms with Crippen LogP contribution in [0.25, 0.3) is 0 Å². The van der Waals surface area contributed by atoms with Gasteiger partial charge >= 0.3 is 0 Å². The molecule has 160 valence electrons. The van der Waals surface area contributed by atoms with E-state index in [1.165, 1.54) is 12.1 Å². The molecule has 3 heterocycles. The van der Waals surface area contributed by atoms with E-state index in [1.807, 2.05) is 16.4 Å². The van der Waals surface area contributed by atoms with Gasteiger partial charge in [0.15, 0.2) is 0 Å². The Labute approximate surface area is 173 Å². The number of halogens is 2. The first kappa shape index (κ1) is 20.5. The monoisotopic (exact) mass is 417 g/mol. The summed E-state index contributed by atoms with van der Waals surface area (Å²) in [5.74, 6) is -1.85. The molecule has 0 spiro atoms. The molecule has 1 aromatic carbocycles. The highest BCUT2D eigenvalue weighted by molar-refractivity contribution is 6.01. The summed E-state index contributed by atoms with van der Waals surface area (Å²) in [5, 5.41) is 2.84. The fraction of sp³-hybridized carbons (Fsp3) is 0.455. The van der Waals surface area contributed by atoms with Crippen LogP contribution in [0.3, 0.4) is 0 Å². The highest BCUT2D eigenvalue weighted by atomic mass is 19.1. The van der Waals surface area contributed by atoms with Crippen LogP contribution in [0.1, 0.15) is 64.3 Å². The molecular weight excluding hydrogens is 392 g/mol. The van der Waals surface area contributed by atoms with Crippen LogP contribution in [0.15, 0.2) is 24.3 Å². The lowest BCUT2D eigenvalue weighted by Crippen LogP contribution is -2.31. The van der Waals surface area contributed by atoms with Crippen LogP contribution in [0.5, 0.6) is 0 Å². The number of hydrogen-bond acceptors (Lipinski definition) is 3. The van der Waals surface area contributed by atoms with Crippen molar-refractivity contribution < 1.29 is 23.1 Å². The van der Waals surface area contributed by atoms with E-state index in [2.05, 4.69) is 5.32 Å². The van der Waals surface area contributed by atoms with Gasteiger partial charge in [0.2, 0.25) is 0 Å². The van der Waals surface area contributed by atoms with Crippen LogP contribution in [0.2, 0.25) is 0 Å². The van der Waals surface area contributed by atoms with E-state index in [9.17, 15) is 18.4 Å². The standard InChI is InChI=1S/C22H25F2N3O3/c1-2-18(15-6-5-14(23)11-17(15)24)25-21(28)16-12-19(22(29)26-7-3-4-8-26)27-9-10-30-13-20(16)27/h5-6,11-12,18H,2-4,7-10,13H2,1H3,(H,25,28). The van der Waals surface area contributed by atoms with Crippen molar-refractivity contribution in [2.24, 2.45) is 0 Å². The number of nitrogens with zero attached hydrogens (tertiary/aromatic N) is 2. The van der Waals surface area contributed by atoms with Gasteiger partial charge in [-0.2, -0.15) is 0 Å². The van der Waals surface area contributed by atoms with Crippen molar-refractivity contribution in [3.05, 3.63) is 58.4 Å². The number of nitrogens with one attached hydrogen (secondary N) is 1. The lowest BCUT2D eigenvalue weighted by molar-refractivity contribution is 0.0714. The van der Waals surface area contributed by atoms with E-state index in [1.54, 1.807) is 6.07 Å². The normalized spacial score (nSPS) is 17.0. The fourth-order valence-electron chi connectivity index (χ4n) is 4.20. The number of aromatic nitrogens is 1. The van der Waals surface area contributed by atoms with Crippen LogP contribution < -0.4 is 5.32 Å². The Hall–Kier alpha value is -2.74. The van der Waals surface area contributed by atoms with Crippen molar-refractivity contribution in [1.29, 1.82) is 0 Å². The third-order valence-electron chi connectivity index (χ3n) is 5.82. The zero-order chi connectivity index (χ0) is 21.3. The first-order chi connectivity index (χ1) is 14.5. The number of rotatable bonds is 5. The molecule has 6 nitrogen and oxygen atoms in total. The Morgan fingerprint density at radius 3 is 2.63 bits per heavy atom. The van der Waals surface area contributed by atoms with Gasteiger partial charge in [0, 0.05) is 31.3 Å². The number of carbonyl (C=O) groups excluding carboxylic acids is 2. The lowest BCUT2D eigenvalue weighted by Gasteiger charge is -2.22. The zero-order valence-corrected chi connectivity index (χ0v) is 16.9. The minimum atomic E-state index is -0.700. The molecule has 30 heavy (non-hydrogen) atoms. The van der Waals surface area contributed by atoms with Gasteiger partial charge in [0.05, 0.1) is 30.5 Å². The maximum absolute atomic E-state index is 14.2. The Balaban J connectivity index is 1.62. The molecular formula is C22H25F2N3O3. The highest BCUT2D eigenvalue weighted by Crippen LogP contribution is 2.26. The molecule has 2 aliphatic rings. The molecule has 4 rings (SSSR count). The molecule has 0 radical (unpaired) electrons. The summed E-state index contributed by atoms with van der Waals surface area (Å²) in [7, 11) is 0. The molecule has 1 aromatic heterocycles. The number of hydrogen-bond donors (Lipinski definition) is 1. The van der Waals surface area contributed by atoms with E-state index in [-0.39, 0.29) is 18.1 Å².